The van der Waals surface area contributed by atoms with E-state index >= 15 is 0 Å². The van der Waals surface area contributed by atoms with Crippen molar-refractivity contribution in [2.45, 2.75) is 25.2 Å². The largest absolute Gasteiger partial charge is 0.491 e. The minimum absolute atomic E-state index is 0.161. The summed E-state index contributed by atoms with van der Waals surface area (Å²) >= 11 is 0. The van der Waals surface area contributed by atoms with Gasteiger partial charge >= 0.3 is 6.09 Å². The van der Waals surface area contributed by atoms with Gasteiger partial charge in [-0.25, -0.2) is 4.79 Å². The maximum Gasteiger partial charge on any atom is 0.410 e. The number of benzene rings is 3. The van der Waals surface area contributed by atoms with Crippen LogP contribution in [0, 0.1) is 0 Å². The van der Waals surface area contributed by atoms with Crippen LogP contribution in [0.4, 0.5) is 4.79 Å². The average molecular weight is 510 g/mol. The Balaban J connectivity index is 1.15. The Labute approximate surface area is 218 Å². The molecular weight excluding hydrogens is 482 g/mol. The Morgan fingerprint density at radius 3 is 2.58 bits per heavy atom. The first-order valence-corrected chi connectivity index (χ1v) is 12.6. The number of aromatic amines is 2. The van der Waals surface area contributed by atoms with Gasteiger partial charge in [0.1, 0.15) is 19.0 Å². The third-order valence-corrected chi connectivity index (χ3v) is 6.91. The molecule has 2 aromatic heterocycles. The van der Waals surface area contributed by atoms with E-state index in [-0.39, 0.29) is 31.4 Å². The first kappa shape index (κ1) is 23.8. The number of carbonyl (C=O) groups excluding carboxylic acids is 1. The van der Waals surface area contributed by atoms with Crippen molar-refractivity contribution in [1.82, 2.24) is 14.9 Å². The predicted octanol–water partition coefficient (Wildman–Crippen LogP) is 4.83. The van der Waals surface area contributed by atoms with Crippen molar-refractivity contribution in [3.63, 3.8) is 0 Å². The standard InChI is InChI=1S/C30H27N3O5/c34-23-15-22(33(16-23)30(36)38-17-19-6-2-1-3-7-19)18-37-24-10-11-27-21(12-24)14-28(31-27)25-13-20-8-4-5-9-26(20)32-29(25)35/h1-14,22-23,31,34H,15-18H2,(H,32,35)/t22-,23-/m1/s1. The van der Waals surface area contributed by atoms with E-state index in [2.05, 4.69) is 9.97 Å². The number of carbonyl (C=O) groups is 1. The molecule has 0 aliphatic carbocycles. The molecule has 8 nitrogen and oxygen atoms in total. The molecule has 192 valence electrons. The number of fused-ring (bicyclic) bond motifs is 2. The number of likely N-dealkylation sites (tertiary alicyclic amines) is 1. The van der Waals surface area contributed by atoms with Crippen LogP contribution in [0.3, 0.4) is 0 Å². The lowest BCUT2D eigenvalue weighted by Gasteiger charge is -2.24. The number of H-pyrrole nitrogens is 2. The van der Waals surface area contributed by atoms with E-state index in [9.17, 15) is 14.7 Å². The fourth-order valence-electron chi connectivity index (χ4n) is 4.96. The molecule has 38 heavy (non-hydrogen) atoms. The van der Waals surface area contributed by atoms with Crippen molar-refractivity contribution in [3.05, 3.63) is 101 Å². The molecule has 1 fully saturated rings. The van der Waals surface area contributed by atoms with Crippen molar-refractivity contribution in [2.75, 3.05) is 13.2 Å². The quantitative estimate of drug-likeness (QED) is 0.304. The molecule has 1 aliphatic rings. The summed E-state index contributed by atoms with van der Waals surface area (Å²) in [6, 6.07) is 26.3. The molecule has 3 N–H and O–H groups in total. The summed E-state index contributed by atoms with van der Waals surface area (Å²) in [5.74, 6) is 0.634. The summed E-state index contributed by atoms with van der Waals surface area (Å²) < 4.78 is 11.5. The summed E-state index contributed by atoms with van der Waals surface area (Å²) in [5.41, 5.74) is 3.69. The van der Waals surface area contributed by atoms with Gasteiger partial charge in [-0.2, -0.15) is 0 Å². The maximum absolute atomic E-state index is 12.7. The van der Waals surface area contributed by atoms with Gasteiger partial charge in [-0.05, 0) is 53.8 Å². The van der Waals surface area contributed by atoms with Crippen LogP contribution in [0.15, 0.2) is 89.7 Å². The number of pyridine rings is 1. The van der Waals surface area contributed by atoms with E-state index in [0.29, 0.717) is 17.7 Å². The second kappa shape index (κ2) is 10.1. The molecule has 0 bridgehead atoms. The number of hydrogen-bond acceptors (Lipinski definition) is 5. The number of nitrogens with zero attached hydrogens (tertiary/aromatic N) is 1. The Hall–Kier alpha value is -4.56. The molecular formula is C30H27N3O5. The minimum Gasteiger partial charge on any atom is -0.491 e. The molecule has 8 heteroatoms. The van der Waals surface area contributed by atoms with Crippen molar-refractivity contribution >= 4 is 27.9 Å². The van der Waals surface area contributed by atoms with E-state index in [4.69, 9.17) is 9.47 Å². The molecule has 5 aromatic rings. The Morgan fingerprint density at radius 2 is 1.71 bits per heavy atom. The van der Waals surface area contributed by atoms with Gasteiger partial charge < -0.3 is 24.5 Å². The molecule has 0 spiro atoms. The zero-order valence-electron chi connectivity index (χ0n) is 20.6. The van der Waals surface area contributed by atoms with Crippen molar-refractivity contribution in [1.29, 1.82) is 0 Å². The molecule has 1 amide bonds. The Kier molecular flexibility index (Phi) is 6.31. The summed E-state index contributed by atoms with van der Waals surface area (Å²) in [4.78, 5) is 33.2. The molecule has 1 aliphatic heterocycles. The number of rotatable bonds is 6. The summed E-state index contributed by atoms with van der Waals surface area (Å²) in [6.07, 6.45) is -0.671. The van der Waals surface area contributed by atoms with Gasteiger partial charge in [-0.3, -0.25) is 9.69 Å². The second-order valence-corrected chi connectivity index (χ2v) is 9.58. The second-order valence-electron chi connectivity index (χ2n) is 9.58. The van der Waals surface area contributed by atoms with E-state index in [1.807, 2.05) is 84.9 Å². The SMILES string of the molecule is O=C(OCc1ccccc1)N1C[C@H](O)C[C@@H]1COc1ccc2[nH]c(-c3cc4ccccc4[nH]c3=O)cc2c1. The third kappa shape index (κ3) is 4.86. The van der Waals surface area contributed by atoms with Crippen LogP contribution < -0.4 is 10.3 Å². The minimum atomic E-state index is -0.623. The van der Waals surface area contributed by atoms with Gasteiger partial charge in [0.15, 0.2) is 0 Å². The van der Waals surface area contributed by atoms with Crippen LogP contribution in [0.2, 0.25) is 0 Å². The lowest BCUT2D eigenvalue weighted by Crippen LogP contribution is -2.39. The summed E-state index contributed by atoms with van der Waals surface area (Å²) in [5, 5.41) is 12.1. The molecule has 1 saturated heterocycles. The highest BCUT2D eigenvalue weighted by atomic mass is 16.6. The lowest BCUT2D eigenvalue weighted by atomic mass is 10.1. The number of aromatic nitrogens is 2. The molecule has 0 unspecified atom stereocenters. The number of aliphatic hydroxyl groups excluding tert-OH is 1. The summed E-state index contributed by atoms with van der Waals surface area (Å²) in [7, 11) is 0. The topological polar surface area (TPSA) is 108 Å². The number of aliphatic hydroxyl groups is 1. The van der Waals surface area contributed by atoms with Crippen LogP contribution in [-0.4, -0.2) is 51.4 Å². The van der Waals surface area contributed by atoms with Gasteiger partial charge in [-0.1, -0.05) is 48.5 Å². The average Bonchev–Trinajstić information content (AvgIpc) is 3.53. The fourth-order valence-corrected chi connectivity index (χ4v) is 4.96. The number of β-amino-alcohol motifs (C(OH)–C–C–N with tert-alkyl or cyclic N) is 1. The van der Waals surface area contributed by atoms with Gasteiger partial charge in [-0.15, -0.1) is 0 Å². The van der Waals surface area contributed by atoms with Crippen molar-refractivity contribution in [2.24, 2.45) is 0 Å². The highest BCUT2D eigenvalue weighted by molar-refractivity contribution is 5.89. The van der Waals surface area contributed by atoms with E-state index in [0.717, 1.165) is 33.1 Å². The smallest absolute Gasteiger partial charge is 0.410 e. The normalized spacial score (nSPS) is 17.2. The highest BCUT2D eigenvalue weighted by Crippen LogP contribution is 2.28. The molecule has 6 rings (SSSR count). The predicted molar refractivity (Wildman–Crippen MR) is 145 cm³/mol. The molecule has 3 heterocycles. The highest BCUT2D eigenvalue weighted by Gasteiger charge is 2.36. The molecule has 0 radical (unpaired) electrons. The van der Waals surface area contributed by atoms with Gasteiger partial charge in [0.05, 0.1) is 29.9 Å². The van der Waals surface area contributed by atoms with Crippen molar-refractivity contribution < 1.29 is 19.4 Å². The Bertz CT molecular complexity index is 1660. The number of amides is 1. The molecule has 2 atom stereocenters. The number of ether oxygens (including phenoxy) is 2. The van der Waals surface area contributed by atoms with Crippen molar-refractivity contribution in [3.8, 4) is 17.0 Å². The van der Waals surface area contributed by atoms with Crippen LogP contribution in [0.5, 0.6) is 5.75 Å². The zero-order chi connectivity index (χ0) is 26.1. The number of para-hydroxylation sites is 1. The monoisotopic (exact) mass is 509 g/mol. The fraction of sp³-hybridized carbons (Fsp3) is 0.200. The number of hydrogen-bond donors (Lipinski definition) is 3. The first-order valence-electron chi connectivity index (χ1n) is 12.6. The number of nitrogens with one attached hydrogen (secondary N) is 2. The Morgan fingerprint density at radius 1 is 0.921 bits per heavy atom. The van der Waals surface area contributed by atoms with Gasteiger partial charge in [0.25, 0.3) is 5.56 Å². The van der Waals surface area contributed by atoms with E-state index in [1.54, 1.807) is 0 Å². The van der Waals surface area contributed by atoms with Crippen LogP contribution >= 0.6 is 0 Å². The maximum atomic E-state index is 12.7. The van der Waals surface area contributed by atoms with Crippen LogP contribution in [0.25, 0.3) is 33.1 Å². The van der Waals surface area contributed by atoms with E-state index in [1.165, 1.54) is 4.90 Å². The molecule has 0 saturated carbocycles. The molecule has 3 aromatic carbocycles. The zero-order valence-corrected chi connectivity index (χ0v) is 20.6. The third-order valence-electron chi connectivity index (χ3n) is 6.91. The van der Waals surface area contributed by atoms with Crippen LogP contribution in [0.1, 0.15) is 12.0 Å². The van der Waals surface area contributed by atoms with Crippen LogP contribution in [-0.2, 0) is 11.3 Å². The lowest BCUT2D eigenvalue weighted by molar-refractivity contribution is 0.0797. The van der Waals surface area contributed by atoms with Gasteiger partial charge in [0, 0.05) is 16.4 Å². The first-order chi connectivity index (χ1) is 18.5. The van der Waals surface area contributed by atoms with Gasteiger partial charge in [0.2, 0.25) is 0 Å². The summed E-state index contributed by atoms with van der Waals surface area (Å²) in [6.45, 7) is 0.610. The van der Waals surface area contributed by atoms with E-state index < -0.39 is 12.2 Å².